The number of nitrogens with zero attached hydrogens (tertiary/aromatic N) is 5. The third kappa shape index (κ3) is 7.13. The molecule has 0 aliphatic carbocycles. The van der Waals surface area contributed by atoms with E-state index in [0.717, 1.165) is 12.8 Å². The molecule has 208 valence electrons. The van der Waals surface area contributed by atoms with Crippen LogP contribution in [0, 0.1) is 0 Å². The quantitative estimate of drug-likeness (QED) is 0.354. The third-order valence-corrected chi connectivity index (χ3v) is 7.81. The van der Waals surface area contributed by atoms with Gasteiger partial charge in [0.05, 0.1) is 44.9 Å². The van der Waals surface area contributed by atoms with Crippen molar-refractivity contribution in [3.8, 4) is 5.75 Å². The van der Waals surface area contributed by atoms with Crippen molar-refractivity contribution in [2.45, 2.75) is 69.6 Å². The fraction of sp³-hybridized carbons (Fsp3) is 0.739. The Morgan fingerprint density at radius 2 is 1.81 bits per heavy atom. The second kappa shape index (κ2) is 13.4. The van der Waals surface area contributed by atoms with Crippen LogP contribution in [-0.2, 0) is 29.0 Å². The predicted octanol–water partition coefficient (Wildman–Crippen LogP) is 2.45. The summed E-state index contributed by atoms with van der Waals surface area (Å²) in [6, 6.07) is -0.385. The van der Waals surface area contributed by atoms with E-state index >= 15 is 0 Å². The molecule has 1 aliphatic rings. The number of rotatable bonds is 15. The van der Waals surface area contributed by atoms with Crippen molar-refractivity contribution in [3.05, 3.63) is 24.0 Å². The molecule has 0 radical (unpaired) electrons. The number of aromatic nitrogens is 5. The van der Waals surface area contributed by atoms with Crippen LogP contribution in [0.2, 0.25) is 0 Å². The van der Waals surface area contributed by atoms with Crippen molar-refractivity contribution in [1.82, 2.24) is 24.7 Å². The first-order valence-electron chi connectivity index (χ1n) is 12.3. The standard InChI is InChI=1S/C23H38N6O7S/c1-7-10-35-20(21-24-11-18(34-6)12-25-21)16(3)37(30,31)28-23-27-26-22(19-9-8-15(2)36-19)29(23)17(13-32-4)14-33-5/h11-12,15-17,19-20H,7-10,13-14H2,1-6H3,(H,27,28)/t15-,16+,19-,20-/m1/s1. The molecule has 1 saturated heterocycles. The Kier molecular flexibility index (Phi) is 10.6. The molecule has 0 amide bonds. The van der Waals surface area contributed by atoms with E-state index in [2.05, 4.69) is 24.9 Å². The minimum absolute atomic E-state index is 0.0500. The summed E-state index contributed by atoms with van der Waals surface area (Å²) in [5.41, 5.74) is 0. The van der Waals surface area contributed by atoms with Gasteiger partial charge in [-0.1, -0.05) is 6.92 Å². The molecular formula is C23H38N6O7S. The summed E-state index contributed by atoms with van der Waals surface area (Å²) in [5, 5.41) is 7.45. The summed E-state index contributed by atoms with van der Waals surface area (Å²) in [6.45, 7) is 6.32. The van der Waals surface area contributed by atoms with Crippen molar-refractivity contribution in [1.29, 1.82) is 0 Å². The van der Waals surface area contributed by atoms with Gasteiger partial charge < -0.3 is 23.7 Å². The third-order valence-electron chi connectivity index (χ3n) is 6.11. The lowest BCUT2D eigenvalue weighted by molar-refractivity contribution is 0.0405. The van der Waals surface area contributed by atoms with Gasteiger partial charge in [-0.2, -0.15) is 0 Å². The maximum atomic E-state index is 13.6. The molecule has 37 heavy (non-hydrogen) atoms. The van der Waals surface area contributed by atoms with E-state index in [-0.39, 0.29) is 43.2 Å². The molecule has 0 saturated carbocycles. The molecule has 0 aromatic carbocycles. The summed E-state index contributed by atoms with van der Waals surface area (Å²) >= 11 is 0. The molecule has 0 bridgehead atoms. The van der Waals surface area contributed by atoms with Crippen molar-refractivity contribution in [2.24, 2.45) is 0 Å². The zero-order valence-electron chi connectivity index (χ0n) is 22.3. The Hall–Kier alpha value is -2.39. The Balaban J connectivity index is 1.95. The summed E-state index contributed by atoms with van der Waals surface area (Å²) in [7, 11) is 0.590. The highest BCUT2D eigenvalue weighted by Crippen LogP contribution is 2.35. The van der Waals surface area contributed by atoms with Crippen LogP contribution in [0.1, 0.15) is 69.9 Å². The van der Waals surface area contributed by atoms with E-state index in [1.807, 2.05) is 13.8 Å². The van der Waals surface area contributed by atoms with Crippen LogP contribution in [0.25, 0.3) is 0 Å². The first kappa shape index (κ1) is 29.2. The van der Waals surface area contributed by atoms with Gasteiger partial charge in [0, 0.05) is 20.8 Å². The number of sulfonamides is 1. The molecule has 2 aromatic rings. The van der Waals surface area contributed by atoms with Gasteiger partial charge in [0.25, 0.3) is 0 Å². The number of methoxy groups -OCH3 is 3. The van der Waals surface area contributed by atoms with Crippen molar-refractivity contribution in [3.63, 3.8) is 0 Å². The van der Waals surface area contributed by atoms with E-state index in [1.54, 1.807) is 25.7 Å². The van der Waals surface area contributed by atoms with Crippen LogP contribution in [0.15, 0.2) is 12.4 Å². The number of hydrogen-bond acceptors (Lipinski definition) is 11. The predicted molar refractivity (Wildman–Crippen MR) is 135 cm³/mol. The molecule has 1 aliphatic heterocycles. The highest BCUT2D eigenvalue weighted by Gasteiger charge is 2.37. The normalized spacial score (nSPS) is 19.8. The number of hydrogen-bond donors (Lipinski definition) is 1. The number of anilines is 1. The second-order valence-corrected chi connectivity index (χ2v) is 11.0. The SMILES string of the molecule is CCCO[C@@H](c1ncc(OC)cn1)[C@H](C)S(=O)(=O)Nc1nnc([C@H]2CC[C@@H](C)O2)n1C(COC)COC. The molecule has 2 aromatic heterocycles. The van der Waals surface area contributed by atoms with Crippen LogP contribution in [0.4, 0.5) is 5.95 Å². The highest BCUT2D eigenvalue weighted by molar-refractivity contribution is 7.93. The molecule has 3 rings (SSSR count). The fourth-order valence-corrected chi connectivity index (χ4v) is 5.26. The van der Waals surface area contributed by atoms with Crippen LogP contribution in [-0.4, -0.2) is 85.7 Å². The van der Waals surface area contributed by atoms with Gasteiger partial charge in [-0.3, -0.25) is 9.29 Å². The zero-order chi connectivity index (χ0) is 27.0. The largest absolute Gasteiger partial charge is 0.494 e. The van der Waals surface area contributed by atoms with Gasteiger partial charge in [0.2, 0.25) is 16.0 Å². The molecular weight excluding hydrogens is 504 g/mol. The Bertz CT molecular complexity index is 1080. The van der Waals surface area contributed by atoms with Gasteiger partial charge in [0.15, 0.2) is 17.4 Å². The van der Waals surface area contributed by atoms with Crippen molar-refractivity contribution < 1.29 is 32.1 Å². The van der Waals surface area contributed by atoms with Crippen molar-refractivity contribution >= 4 is 16.0 Å². The van der Waals surface area contributed by atoms with Gasteiger partial charge in [0.1, 0.15) is 17.5 Å². The molecule has 0 spiro atoms. The fourth-order valence-electron chi connectivity index (χ4n) is 4.15. The molecule has 1 fully saturated rings. The monoisotopic (exact) mass is 542 g/mol. The zero-order valence-corrected chi connectivity index (χ0v) is 23.1. The molecule has 4 atom stereocenters. The van der Waals surface area contributed by atoms with Gasteiger partial charge in [-0.15, -0.1) is 10.2 Å². The summed E-state index contributed by atoms with van der Waals surface area (Å²) < 4.78 is 59.4. The Morgan fingerprint density at radius 3 is 2.35 bits per heavy atom. The maximum Gasteiger partial charge on any atom is 0.240 e. The van der Waals surface area contributed by atoms with E-state index in [9.17, 15) is 8.42 Å². The van der Waals surface area contributed by atoms with E-state index < -0.39 is 21.4 Å². The lowest BCUT2D eigenvalue weighted by Gasteiger charge is -2.25. The van der Waals surface area contributed by atoms with E-state index in [4.69, 9.17) is 23.7 Å². The lowest BCUT2D eigenvalue weighted by atomic mass is 10.2. The van der Waals surface area contributed by atoms with Gasteiger partial charge in [-0.05, 0) is 33.1 Å². The Morgan fingerprint density at radius 1 is 1.14 bits per heavy atom. The summed E-state index contributed by atoms with van der Waals surface area (Å²) in [4.78, 5) is 8.53. The van der Waals surface area contributed by atoms with E-state index in [0.29, 0.717) is 24.6 Å². The van der Waals surface area contributed by atoms with Crippen LogP contribution in [0.3, 0.4) is 0 Å². The van der Waals surface area contributed by atoms with Crippen LogP contribution < -0.4 is 9.46 Å². The molecule has 1 N–H and O–H groups in total. The average Bonchev–Trinajstić information content (AvgIpc) is 3.49. The summed E-state index contributed by atoms with van der Waals surface area (Å²) in [5.74, 6) is 1.26. The highest BCUT2D eigenvalue weighted by atomic mass is 32.2. The maximum absolute atomic E-state index is 13.6. The Labute approximate surface area is 218 Å². The number of nitrogens with one attached hydrogen (secondary N) is 1. The van der Waals surface area contributed by atoms with Gasteiger partial charge >= 0.3 is 0 Å². The van der Waals surface area contributed by atoms with Crippen LogP contribution >= 0.6 is 0 Å². The number of ether oxygens (including phenoxy) is 5. The van der Waals surface area contributed by atoms with E-state index in [1.165, 1.54) is 19.5 Å². The van der Waals surface area contributed by atoms with Crippen LogP contribution in [0.5, 0.6) is 5.75 Å². The first-order valence-corrected chi connectivity index (χ1v) is 13.9. The van der Waals surface area contributed by atoms with Crippen molar-refractivity contribution in [2.75, 3.05) is 45.9 Å². The smallest absolute Gasteiger partial charge is 0.240 e. The first-order chi connectivity index (χ1) is 17.7. The summed E-state index contributed by atoms with van der Waals surface area (Å²) in [6.07, 6.45) is 4.09. The minimum atomic E-state index is -4.05. The second-order valence-electron chi connectivity index (χ2n) is 8.95. The minimum Gasteiger partial charge on any atom is -0.494 e. The molecule has 14 heteroatoms. The lowest BCUT2D eigenvalue weighted by Crippen LogP contribution is -2.35. The molecule has 3 heterocycles. The molecule has 0 unspecified atom stereocenters. The topological polar surface area (TPSA) is 149 Å². The average molecular weight is 543 g/mol. The van der Waals surface area contributed by atoms with Gasteiger partial charge in [-0.25, -0.2) is 18.4 Å². The molecule has 13 nitrogen and oxygen atoms in total.